The van der Waals surface area contributed by atoms with Crippen molar-refractivity contribution in [3.8, 4) is 0 Å². The first kappa shape index (κ1) is 14.4. The molecule has 0 radical (unpaired) electrons. The van der Waals surface area contributed by atoms with Crippen molar-refractivity contribution in [2.24, 2.45) is 0 Å². The molecule has 0 saturated heterocycles. The Morgan fingerprint density at radius 1 is 1.33 bits per heavy atom. The van der Waals surface area contributed by atoms with Gasteiger partial charge in [0.15, 0.2) is 0 Å². The fourth-order valence-corrected chi connectivity index (χ4v) is 1.49. The fraction of sp³-hybridized carbons (Fsp3) is 0.917. The summed E-state index contributed by atoms with van der Waals surface area (Å²) in [6.45, 7) is 5.32. The number of carbonyl (C=O) groups excluding carboxylic acids is 1. The van der Waals surface area contributed by atoms with E-state index >= 15 is 0 Å². The molecule has 0 aromatic heterocycles. The lowest BCUT2D eigenvalue weighted by Crippen LogP contribution is -2.27. The van der Waals surface area contributed by atoms with E-state index in [4.69, 9.17) is 0 Å². The van der Waals surface area contributed by atoms with Gasteiger partial charge in [-0.1, -0.05) is 26.2 Å². The van der Waals surface area contributed by atoms with E-state index in [1.807, 2.05) is 0 Å². The number of esters is 1. The van der Waals surface area contributed by atoms with Gasteiger partial charge < -0.3 is 10.1 Å². The largest absolute Gasteiger partial charge is 0.469 e. The van der Waals surface area contributed by atoms with Gasteiger partial charge in [-0.25, -0.2) is 0 Å². The fourth-order valence-electron chi connectivity index (χ4n) is 1.49. The summed E-state index contributed by atoms with van der Waals surface area (Å²) < 4.78 is 4.57. The van der Waals surface area contributed by atoms with Crippen molar-refractivity contribution in [1.82, 2.24) is 5.32 Å². The van der Waals surface area contributed by atoms with Crippen molar-refractivity contribution < 1.29 is 9.53 Å². The van der Waals surface area contributed by atoms with Crippen molar-refractivity contribution in [2.45, 2.75) is 58.4 Å². The van der Waals surface area contributed by atoms with E-state index in [-0.39, 0.29) is 5.97 Å². The highest BCUT2D eigenvalue weighted by Crippen LogP contribution is 2.02. The minimum atomic E-state index is -0.115. The molecule has 1 unspecified atom stereocenters. The molecule has 90 valence electrons. The molecule has 0 aliphatic carbocycles. The highest BCUT2D eigenvalue weighted by Gasteiger charge is 2.02. The van der Waals surface area contributed by atoms with Gasteiger partial charge in [0.2, 0.25) is 0 Å². The molecule has 0 aliphatic heterocycles. The second kappa shape index (κ2) is 9.97. The smallest absolute Gasteiger partial charge is 0.305 e. The molecule has 0 heterocycles. The maximum Gasteiger partial charge on any atom is 0.305 e. The summed E-state index contributed by atoms with van der Waals surface area (Å²) >= 11 is 0. The molecule has 0 saturated carbocycles. The topological polar surface area (TPSA) is 38.3 Å². The molecule has 15 heavy (non-hydrogen) atoms. The van der Waals surface area contributed by atoms with Gasteiger partial charge in [-0.2, -0.15) is 0 Å². The molecule has 1 N–H and O–H groups in total. The Kier molecular flexibility index (Phi) is 9.59. The summed E-state index contributed by atoms with van der Waals surface area (Å²) in [7, 11) is 1.43. The number of carbonyl (C=O) groups is 1. The average Bonchev–Trinajstić information content (AvgIpc) is 2.24. The third-order valence-corrected chi connectivity index (χ3v) is 2.52. The van der Waals surface area contributed by atoms with Crippen molar-refractivity contribution in [3.05, 3.63) is 0 Å². The Morgan fingerprint density at radius 3 is 2.67 bits per heavy atom. The number of rotatable bonds is 9. The first-order valence-corrected chi connectivity index (χ1v) is 6.00. The molecule has 0 spiro atoms. The Balaban J connectivity index is 3.23. The monoisotopic (exact) mass is 215 g/mol. The molecular formula is C12H25NO2. The third-order valence-electron chi connectivity index (χ3n) is 2.52. The van der Waals surface area contributed by atoms with Gasteiger partial charge in [0.05, 0.1) is 7.11 Å². The van der Waals surface area contributed by atoms with Crippen LogP contribution in [-0.2, 0) is 9.53 Å². The van der Waals surface area contributed by atoms with Crippen LogP contribution in [0.3, 0.4) is 0 Å². The highest BCUT2D eigenvalue weighted by atomic mass is 16.5. The number of methoxy groups -OCH3 is 1. The second-order valence-electron chi connectivity index (χ2n) is 4.03. The van der Waals surface area contributed by atoms with Gasteiger partial charge in [0.1, 0.15) is 0 Å². The van der Waals surface area contributed by atoms with Crippen LogP contribution in [-0.4, -0.2) is 25.7 Å². The number of ether oxygens (including phenoxy) is 1. The van der Waals surface area contributed by atoms with E-state index in [1.165, 1.54) is 32.8 Å². The van der Waals surface area contributed by atoms with E-state index in [9.17, 15) is 4.79 Å². The zero-order valence-corrected chi connectivity index (χ0v) is 10.3. The standard InChI is InChI=1S/C12H25NO2/c1-4-5-6-8-11(2)13-10-7-9-12(14)15-3/h11,13H,4-10H2,1-3H3. The molecule has 0 fully saturated rings. The summed E-state index contributed by atoms with van der Waals surface area (Å²) in [6.07, 6.45) is 6.49. The normalized spacial score (nSPS) is 12.5. The van der Waals surface area contributed by atoms with Crippen LogP contribution in [0.5, 0.6) is 0 Å². The Hall–Kier alpha value is -0.570. The molecule has 0 rings (SSSR count). The van der Waals surface area contributed by atoms with Crippen molar-refractivity contribution in [2.75, 3.05) is 13.7 Å². The molecule has 3 heteroatoms. The van der Waals surface area contributed by atoms with Crippen LogP contribution < -0.4 is 5.32 Å². The van der Waals surface area contributed by atoms with Crippen LogP contribution in [0.2, 0.25) is 0 Å². The highest BCUT2D eigenvalue weighted by molar-refractivity contribution is 5.69. The third kappa shape index (κ3) is 9.73. The van der Waals surface area contributed by atoms with E-state index in [0.29, 0.717) is 12.5 Å². The van der Waals surface area contributed by atoms with Gasteiger partial charge in [-0.05, 0) is 26.3 Å². The minimum absolute atomic E-state index is 0.115. The second-order valence-corrected chi connectivity index (χ2v) is 4.03. The predicted molar refractivity (Wildman–Crippen MR) is 62.9 cm³/mol. The van der Waals surface area contributed by atoms with E-state index in [1.54, 1.807) is 0 Å². The molecular weight excluding hydrogens is 190 g/mol. The summed E-state index contributed by atoms with van der Waals surface area (Å²) in [6, 6.07) is 0.564. The van der Waals surface area contributed by atoms with Crippen LogP contribution in [0.15, 0.2) is 0 Å². The lowest BCUT2D eigenvalue weighted by molar-refractivity contribution is -0.140. The maximum atomic E-state index is 10.8. The minimum Gasteiger partial charge on any atom is -0.469 e. The van der Waals surface area contributed by atoms with Crippen LogP contribution in [0, 0.1) is 0 Å². The van der Waals surface area contributed by atoms with Crippen LogP contribution in [0.25, 0.3) is 0 Å². The van der Waals surface area contributed by atoms with Gasteiger partial charge in [0, 0.05) is 12.5 Å². The molecule has 0 aromatic rings. The lowest BCUT2D eigenvalue weighted by atomic mass is 10.1. The molecule has 0 aliphatic rings. The predicted octanol–water partition coefficient (Wildman–Crippen LogP) is 2.50. The van der Waals surface area contributed by atoms with Gasteiger partial charge in [-0.3, -0.25) is 4.79 Å². The number of nitrogens with one attached hydrogen (secondary N) is 1. The van der Waals surface area contributed by atoms with Crippen LogP contribution in [0.1, 0.15) is 52.4 Å². The van der Waals surface area contributed by atoms with Gasteiger partial charge in [-0.15, -0.1) is 0 Å². The van der Waals surface area contributed by atoms with Gasteiger partial charge >= 0.3 is 5.97 Å². The van der Waals surface area contributed by atoms with E-state index in [0.717, 1.165) is 13.0 Å². The molecule has 0 amide bonds. The first-order chi connectivity index (χ1) is 7.20. The van der Waals surface area contributed by atoms with E-state index < -0.39 is 0 Å². The Labute approximate surface area is 93.6 Å². The zero-order valence-electron chi connectivity index (χ0n) is 10.3. The lowest BCUT2D eigenvalue weighted by Gasteiger charge is -2.12. The average molecular weight is 215 g/mol. The number of hydrogen-bond acceptors (Lipinski definition) is 3. The molecule has 1 atom stereocenters. The molecule has 0 aromatic carbocycles. The molecule has 3 nitrogen and oxygen atoms in total. The van der Waals surface area contributed by atoms with Gasteiger partial charge in [0.25, 0.3) is 0 Å². The number of hydrogen-bond donors (Lipinski definition) is 1. The summed E-state index contributed by atoms with van der Waals surface area (Å²) in [5.41, 5.74) is 0. The SMILES string of the molecule is CCCCCC(C)NCCCC(=O)OC. The maximum absolute atomic E-state index is 10.8. The summed E-state index contributed by atoms with van der Waals surface area (Å²) in [4.78, 5) is 10.8. The zero-order chi connectivity index (χ0) is 11.5. The Bertz CT molecular complexity index is 160. The van der Waals surface area contributed by atoms with Crippen LogP contribution >= 0.6 is 0 Å². The Morgan fingerprint density at radius 2 is 2.07 bits per heavy atom. The molecule has 0 bridgehead atoms. The summed E-state index contributed by atoms with van der Waals surface area (Å²) in [5, 5.41) is 3.41. The van der Waals surface area contributed by atoms with E-state index in [2.05, 4.69) is 23.9 Å². The van der Waals surface area contributed by atoms with Crippen molar-refractivity contribution in [1.29, 1.82) is 0 Å². The van der Waals surface area contributed by atoms with Crippen LogP contribution in [0.4, 0.5) is 0 Å². The van der Waals surface area contributed by atoms with Crippen molar-refractivity contribution in [3.63, 3.8) is 0 Å². The van der Waals surface area contributed by atoms with Crippen molar-refractivity contribution >= 4 is 5.97 Å². The first-order valence-electron chi connectivity index (χ1n) is 6.00. The number of unbranched alkanes of at least 4 members (excludes halogenated alkanes) is 2. The quantitative estimate of drug-likeness (QED) is 0.474. The summed E-state index contributed by atoms with van der Waals surface area (Å²) in [5.74, 6) is -0.115.